The number of hydrogen-bond donors (Lipinski definition) is 2. The Labute approximate surface area is 67.3 Å². The summed E-state index contributed by atoms with van der Waals surface area (Å²) in [5.74, 6) is -1.50. The number of carboxylic acid groups (broad SMARTS) is 1. The molecule has 0 fully saturated rings. The van der Waals surface area contributed by atoms with Gasteiger partial charge in [-0.05, 0) is 0 Å². The first kappa shape index (κ1) is 9.97. The number of aliphatic hydroxyl groups is 1. The summed E-state index contributed by atoms with van der Waals surface area (Å²) < 4.78 is 2.07. The number of carboxylic acids is 1. The summed E-state index contributed by atoms with van der Waals surface area (Å²) in [6.07, 6.45) is 0. The molecule has 0 heterocycles. The van der Waals surface area contributed by atoms with Crippen LogP contribution in [0.3, 0.4) is 0 Å². The van der Waals surface area contributed by atoms with Crippen molar-refractivity contribution < 1.29 is 19.7 Å². The van der Waals surface area contributed by atoms with Gasteiger partial charge in [-0.2, -0.15) is 0 Å². The SMILES string of the molecule is O=C(O)C(Cl)(Cl)OCCO. The Bertz CT molecular complexity index is 124. The third kappa shape index (κ3) is 3.22. The van der Waals surface area contributed by atoms with Crippen molar-refractivity contribution in [1.29, 1.82) is 0 Å². The molecule has 0 aromatic rings. The van der Waals surface area contributed by atoms with Crippen LogP contribution < -0.4 is 0 Å². The highest BCUT2D eigenvalue weighted by atomic mass is 35.5. The summed E-state index contributed by atoms with van der Waals surface area (Å²) in [6.45, 7) is -0.534. The number of aliphatic carboxylic acids is 1. The van der Waals surface area contributed by atoms with E-state index in [4.69, 9.17) is 33.4 Å². The molecule has 0 saturated heterocycles. The van der Waals surface area contributed by atoms with E-state index in [1.165, 1.54) is 0 Å². The minimum Gasteiger partial charge on any atom is -0.477 e. The molecule has 0 radical (unpaired) electrons. The summed E-state index contributed by atoms with van der Waals surface area (Å²) in [6, 6.07) is 0. The maximum absolute atomic E-state index is 10.1. The van der Waals surface area contributed by atoms with Crippen LogP contribution >= 0.6 is 23.2 Å². The van der Waals surface area contributed by atoms with E-state index in [2.05, 4.69) is 4.74 Å². The van der Waals surface area contributed by atoms with Gasteiger partial charge in [-0.1, -0.05) is 23.2 Å². The molecule has 10 heavy (non-hydrogen) atoms. The van der Waals surface area contributed by atoms with Gasteiger partial charge in [0.05, 0.1) is 13.2 Å². The van der Waals surface area contributed by atoms with Crippen LogP contribution in [0.15, 0.2) is 0 Å². The Hall–Kier alpha value is -0.0300. The average molecular weight is 189 g/mol. The maximum Gasteiger partial charge on any atom is 0.368 e. The van der Waals surface area contributed by atoms with E-state index in [0.29, 0.717) is 0 Å². The summed E-state index contributed by atoms with van der Waals surface area (Å²) in [5, 5.41) is 16.4. The molecule has 0 bridgehead atoms. The van der Waals surface area contributed by atoms with E-state index >= 15 is 0 Å². The van der Waals surface area contributed by atoms with E-state index in [0.717, 1.165) is 0 Å². The van der Waals surface area contributed by atoms with Crippen molar-refractivity contribution >= 4 is 29.2 Å². The van der Waals surface area contributed by atoms with Gasteiger partial charge in [0, 0.05) is 0 Å². The summed E-state index contributed by atoms with van der Waals surface area (Å²) in [7, 11) is 0. The molecule has 4 nitrogen and oxygen atoms in total. The zero-order valence-corrected chi connectivity index (χ0v) is 6.39. The fourth-order valence-corrected chi connectivity index (χ4v) is 0.390. The van der Waals surface area contributed by atoms with Crippen molar-refractivity contribution in [2.45, 2.75) is 4.52 Å². The van der Waals surface area contributed by atoms with E-state index in [1.807, 2.05) is 0 Å². The van der Waals surface area contributed by atoms with Crippen molar-refractivity contribution in [2.75, 3.05) is 13.2 Å². The van der Waals surface area contributed by atoms with E-state index in [1.54, 1.807) is 0 Å². The first-order valence-corrected chi connectivity index (χ1v) is 3.12. The van der Waals surface area contributed by atoms with Gasteiger partial charge in [0.15, 0.2) is 0 Å². The number of hydrogen-bond acceptors (Lipinski definition) is 3. The Balaban J connectivity index is 3.75. The average Bonchev–Trinajstić information content (AvgIpc) is 1.84. The largest absolute Gasteiger partial charge is 0.477 e. The van der Waals surface area contributed by atoms with Gasteiger partial charge >= 0.3 is 10.5 Å². The third-order valence-corrected chi connectivity index (χ3v) is 1.17. The zero-order valence-electron chi connectivity index (χ0n) is 4.88. The highest BCUT2D eigenvalue weighted by Gasteiger charge is 2.34. The quantitative estimate of drug-likeness (QED) is 0.620. The van der Waals surface area contributed by atoms with E-state index in [-0.39, 0.29) is 13.2 Å². The molecule has 6 heteroatoms. The molecule has 60 valence electrons. The zero-order chi connectivity index (χ0) is 8.20. The second-order valence-corrected chi connectivity index (χ2v) is 2.65. The molecule has 0 aliphatic heterocycles. The van der Waals surface area contributed by atoms with Crippen molar-refractivity contribution in [2.24, 2.45) is 0 Å². The van der Waals surface area contributed by atoms with Crippen molar-refractivity contribution in [1.82, 2.24) is 0 Å². The fourth-order valence-electron chi connectivity index (χ4n) is 0.236. The third-order valence-electron chi connectivity index (χ3n) is 0.624. The van der Waals surface area contributed by atoms with Gasteiger partial charge in [0.25, 0.3) is 0 Å². The maximum atomic E-state index is 10.1. The Morgan fingerprint density at radius 1 is 1.60 bits per heavy atom. The minimum absolute atomic E-state index is 0.209. The monoisotopic (exact) mass is 188 g/mol. The molecule has 0 saturated carbocycles. The highest BCUT2D eigenvalue weighted by molar-refractivity contribution is 6.56. The smallest absolute Gasteiger partial charge is 0.368 e. The second-order valence-electron chi connectivity index (χ2n) is 1.39. The number of rotatable bonds is 4. The molecule has 0 amide bonds. The molecule has 0 aliphatic carbocycles. The van der Waals surface area contributed by atoms with Gasteiger partial charge in [-0.3, -0.25) is 0 Å². The molecule has 0 aliphatic rings. The molecule has 0 unspecified atom stereocenters. The van der Waals surface area contributed by atoms with Crippen LogP contribution in [0.1, 0.15) is 0 Å². The van der Waals surface area contributed by atoms with Gasteiger partial charge in [-0.15, -0.1) is 0 Å². The normalized spacial score (nSPS) is 11.5. The molecular formula is C4H6Cl2O4. The standard InChI is InChI=1S/C4H6Cl2O4/c5-4(6,3(8)9)10-2-1-7/h7H,1-2H2,(H,8,9). The first-order chi connectivity index (χ1) is 4.50. The number of ether oxygens (including phenoxy) is 1. The molecule has 0 aromatic heterocycles. The lowest BCUT2D eigenvalue weighted by molar-refractivity contribution is -0.148. The molecule has 0 rings (SSSR count). The van der Waals surface area contributed by atoms with E-state index in [9.17, 15) is 4.79 Å². The predicted octanol–water partition coefficient (Wildman–Crippen LogP) is 0.211. The fraction of sp³-hybridized carbons (Fsp3) is 0.750. The predicted molar refractivity (Wildman–Crippen MR) is 35.1 cm³/mol. The van der Waals surface area contributed by atoms with Crippen LogP contribution in [0.2, 0.25) is 0 Å². The topological polar surface area (TPSA) is 66.8 Å². The lowest BCUT2D eigenvalue weighted by atomic mass is 10.7. The van der Waals surface area contributed by atoms with Crippen LogP contribution in [0, 0.1) is 0 Å². The molecule has 2 N–H and O–H groups in total. The van der Waals surface area contributed by atoms with Crippen LogP contribution in [0.5, 0.6) is 0 Å². The first-order valence-electron chi connectivity index (χ1n) is 2.36. The molecule has 0 atom stereocenters. The van der Waals surface area contributed by atoms with Crippen LogP contribution in [0.4, 0.5) is 0 Å². The van der Waals surface area contributed by atoms with Crippen molar-refractivity contribution in [3.8, 4) is 0 Å². The van der Waals surface area contributed by atoms with Crippen molar-refractivity contribution in [3.63, 3.8) is 0 Å². The van der Waals surface area contributed by atoms with Crippen LogP contribution in [-0.4, -0.2) is 33.9 Å². The van der Waals surface area contributed by atoms with Crippen LogP contribution in [0.25, 0.3) is 0 Å². The second kappa shape index (κ2) is 3.98. The minimum atomic E-state index is -2.25. The lowest BCUT2D eigenvalue weighted by Crippen LogP contribution is -2.30. The Morgan fingerprint density at radius 2 is 2.10 bits per heavy atom. The van der Waals surface area contributed by atoms with E-state index < -0.39 is 10.5 Å². The van der Waals surface area contributed by atoms with Gasteiger partial charge < -0.3 is 14.9 Å². The number of carbonyl (C=O) groups is 1. The van der Waals surface area contributed by atoms with Crippen LogP contribution in [-0.2, 0) is 9.53 Å². The highest BCUT2D eigenvalue weighted by Crippen LogP contribution is 2.21. The lowest BCUT2D eigenvalue weighted by Gasteiger charge is -2.13. The Morgan fingerprint density at radius 3 is 2.40 bits per heavy atom. The number of aliphatic hydroxyl groups excluding tert-OH is 1. The molecular weight excluding hydrogens is 183 g/mol. The van der Waals surface area contributed by atoms with Gasteiger partial charge in [0.2, 0.25) is 0 Å². The number of halogens is 2. The number of alkyl halides is 2. The molecule has 0 spiro atoms. The van der Waals surface area contributed by atoms with Gasteiger partial charge in [0.1, 0.15) is 0 Å². The molecule has 0 aromatic carbocycles. The summed E-state index contributed by atoms with van der Waals surface area (Å²) in [4.78, 5) is 10.1. The van der Waals surface area contributed by atoms with Crippen molar-refractivity contribution in [3.05, 3.63) is 0 Å². The Kier molecular flexibility index (Phi) is 3.96. The summed E-state index contributed by atoms with van der Waals surface area (Å²) in [5.41, 5.74) is 0. The van der Waals surface area contributed by atoms with Gasteiger partial charge in [-0.25, -0.2) is 4.79 Å². The summed E-state index contributed by atoms with van der Waals surface area (Å²) >= 11 is 10.2.